The maximum atomic E-state index is 12.4. The van der Waals surface area contributed by atoms with Crippen LogP contribution in [0.4, 0.5) is 11.4 Å². The molecule has 0 spiro atoms. The van der Waals surface area contributed by atoms with E-state index in [9.17, 15) is 4.79 Å². The van der Waals surface area contributed by atoms with E-state index in [1.54, 1.807) is 24.3 Å². The average molecular weight is 374 g/mol. The molecule has 1 saturated heterocycles. The molecule has 0 atom stereocenters. The van der Waals surface area contributed by atoms with Gasteiger partial charge in [-0.3, -0.25) is 4.79 Å². The van der Waals surface area contributed by atoms with Gasteiger partial charge in [-0.2, -0.15) is 0 Å². The summed E-state index contributed by atoms with van der Waals surface area (Å²) in [6.07, 6.45) is 0. The van der Waals surface area contributed by atoms with Gasteiger partial charge in [-0.1, -0.05) is 23.7 Å². The van der Waals surface area contributed by atoms with Gasteiger partial charge in [0.25, 0.3) is 5.91 Å². The Kier molecular flexibility index (Phi) is 5.83. The SMILES string of the molecule is CN1CCN(c2cc(NC(=O)c3ccc(B(O)O)cc3)ccc2Cl)CC1. The van der Waals surface area contributed by atoms with E-state index in [1.165, 1.54) is 12.1 Å². The first-order chi connectivity index (χ1) is 12.4. The number of anilines is 2. The van der Waals surface area contributed by atoms with Crippen LogP contribution in [0.2, 0.25) is 5.02 Å². The normalized spacial score (nSPS) is 15.0. The first kappa shape index (κ1) is 18.7. The Morgan fingerprint density at radius 2 is 1.73 bits per heavy atom. The van der Waals surface area contributed by atoms with Crippen LogP contribution in [-0.4, -0.2) is 61.2 Å². The Morgan fingerprint density at radius 3 is 2.35 bits per heavy atom. The largest absolute Gasteiger partial charge is 0.488 e. The van der Waals surface area contributed by atoms with E-state index in [0.29, 0.717) is 21.7 Å². The summed E-state index contributed by atoms with van der Waals surface area (Å²) in [4.78, 5) is 16.9. The van der Waals surface area contributed by atoms with Crippen molar-refractivity contribution in [3.05, 3.63) is 53.1 Å². The molecule has 0 unspecified atom stereocenters. The smallest absolute Gasteiger partial charge is 0.423 e. The highest BCUT2D eigenvalue weighted by atomic mass is 35.5. The van der Waals surface area contributed by atoms with Crippen molar-refractivity contribution in [1.82, 2.24) is 4.90 Å². The van der Waals surface area contributed by atoms with Crippen molar-refractivity contribution in [2.24, 2.45) is 0 Å². The van der Waals surface area contributed by atoms with E-state index in [2.05, 4.69) is 22.2 Å². The third kappa shape index (κ3) is 4.37. The number of carbonyl (C=O) groups excluding carboxylic acids is 1. The van der Waals surface area contributed by atoms with Gasteiger partial charge < -0.3 is 25.2 Å². The van der Waals surface area contributed by atoms with Crippen molar-refractivity contribution in [1.29, 1.82) is 0 Å². The van der Waals surface area contributed by atoms with Gasteiger partial charge in [-0.25, -0.2) is 0 Å². The molecule has 3 rings (SSSR count). The van der Waals surface area contributed by atoms with E-state index in [-0.39, 0.29) is 5.91 Å². The molecule has 1 heterocycles. The summed E-state index contributed by atoms with van der Waals surface area (Å²) in [5.41, 5.74) is 2.35. The highest BCUT2D eigenvalue weighted by molar-refractivity contribution is 6.58. The average Bonchev–Trinajstić information content (AvgIpc) is 2.64. The van der Waals surface area contributed by atoms with Crippen LogP contribution in [0.5, 0.6) is 0 Å². The Labute approximate surface area is 158 Å². The summed E-state index contributed by atoms with van der Waals surface area (Å²) < 4.78 is 0. The van der Waals surface area contributed by atoms with Gasteiger partial charge >= 0.3 is 7.12 Å². The minimum Gasteiger partial charge on any atom is -0.423 e. The molecule has 0 saturated carbocycles. The molecule has 1 aliphatic rings. The van der Waals surface area contributed by atoms with Gasteiger partial charge in [0.05, 0.1) is 10.7 Å². The van der Waals surface area contributed by atoms with Crippen LogP contribution in [0.25, 0.3) is 0 Å². The second-order valence-corrected chi connectivity index (χ2v) is 6.81. The highest BCUT2D eigenvalue weighted by Crippen LogP contribution is 2.30. The molecule has 1 fully saturated rings. The van der Waals surface area contributed by atoms with E-state index >= 15 is 0 Å². The number of nitrogens with zero attached hydrogens (tertiary/aromatic N) is 2. The number of hydrogen-bond donors (Lipinski definition) is 3. The number of halogens is 1. The maximum absolute atomic E-state index is 12.4. The van der Waals surface area contributed by atoms with E-state index in [1.807, 2.05) is 6.07 Å². The molecule has 1 amide bonds. The molecule has 0 radical (unpaired) electrons. The first-order valence-corrected chi connectivity index (χ1v) is 8.82. The molecule has 2 aromatic carbocycles. The second kappa shape index (κ2) is 8.10. The predicted molar refractivity (Wildman–Crippen MR) is 105 cm³/mol. The fourth-order valence-corrected chi connectivity index (χ4v) is 3.13. The molecule has 136 valence electrons. The van der Waals surface area contributed by atoms with Gasteiger partial charge in [0.2, 0.25) is 0 Å². The lowest BCUT2D eigenvalue weighted by molar-refractivity contribution is 0.102. The predicted octanol–water partition coefficient (Wildman–Crippen LogP) is 1.02. The molecule has 0 bridgehead atoms. The standard InChI is InChI=1S/C18H21BClN3O3/c1-22-8-10-23(11-9-22)17-12-15(6-7-16(17)20)21-18(24)13-2-4-14(5-3-13)19(25)26/h2-7,12,25-26H,8-11H2,1H3,(H,21,24). The molecular weight excluding hydrogens is 352 g/mol. The molecular formula is C18H21BClN3O3. The molecule has 3 N–H and O–H groups in total. The second-order valence-electron chi connectivity index (χ2n) is 6.41. The van der Waals surface area contributed by atoms with Gasteiger partial charge in [-0.05, 0) is 42.8 Å². The zero-order valence-corrected chi connectivity index (χ0v) is 15.3. The lowest BCUT2D eigenvalue weighted by Crippen LogP contribution is -2.44. The third-order valence-corrected chi connectivity index (χ3v) is 4.84. The van der Waals surface area contributed by atoms with Crippen molar-refractivity contribution >= 4 is 41.5 Å². The Bertz CT molecular complexity index is 778. The van der Waals surface area contributed by atoms with Crippen molar-refractivity contribution < 1.29 is 14.8 Å². The third-order valence-electron chi connectivity index (χ3n) is 4.52. The number of carbonyl (C=O) groups is 1. The monoisotopic (exact) mass is 373 g/mol. The summed E-state index contributed by atoms with van der Waals surface area (Å²) in [5.74, 6) is -0.268. The minimum absolute atomic E-state index is 0.268. The Hall–Kier alpha value is -2.06. The fourth-order valence-electron chi connectivity index (χ4n) is 2.89. The van der Waals surface area contributed by atoms with Gasteiger partial charge in [0.1, 0.15) is 0 Å². The number of benzene rings is 2. The van der Waals surface area contributed by atoms with Gasteiger partial charge in [-0.15, -0.1) is 0 Å². The molecule has 0 aromatic heterocycles. The number of likely N-dealkylation sites (N-methyl/N-ethyl adjacent to an activating group) is 1. The van der Waals surface area contributed by atoms with Crippen LogP contribution in [0.3, 0.4) is 0 Å². The molecule has 0 aliphatic carbocycles. The zero-order valence-electron chi connectivity index (χ0n) is 14.5. The lowest BCUT2D eigenvalue weighted by atomic mass is 9.80. The van der Waals surface area contributed by atoms with Crippen LogP contribution < -0.4 is 15.7 Å². The van der Waals surface area contributed by atoms with Crippen LogP contribution in [0.1, 0.15) is 10.4 Å². The van der Waals surface area contributed by atoms with Crippen molar-refractivity contribution in [3.63, 3.8) is 0 Å². The topological polar surface area (TPSA) is 76.0 Å². The van der Waals surface area contributed by atoms with Gasteiger partial charge in [0, 0.05) is 37.4 Å². The van der Waals surface area contributed by atoms with Crippen LogP contribution in [0, 0.1) is 0 Å². The summed E-state index contributed by atoms with van der Waals surface area (Å²) in [5, 5.41) is 21.8. The summed E-state index contributed by atoms with van der Waals surface area (Å²) >= 11 is 6.35. The number of hydrogen-bond acceptors (Lipinski definition) is 5. The number of piperazine rings is 1. The molecule has 8 heteroatoms. The molecule has 2 aromatic rings. The Balaban J connectivity index is 1.73. The molecule has 1 aliphatic heterocycles. The van der Waals surface area contributed by atoms with Crippen molar-refractivity contribution in [2.45, 2.75) is 0 Å². The maximum Gasteiger partial charge on any atom is 0.488 e. The van der Waals surface area contributed by atoms with E-state index in [4.69, 9.17) is 21.6 Å². The van der Waals surface area contributed by atoms with E-state index in [0.717, 1.165) is 31.9 Å². The zero-order chi connectivity index (χ0) is 18.7. The number of rotatable bonds is 4. The number of nitrogens with one attached hydrogen (secondary N) is 1. The quantitative estimate of drug-likeness (QED) is 0.698. The minimum atomic E-state index is -1.55. The van der Waals surface area contributed by atoms with Gasteiger partial charge in [0.15, 0.2) is 0 Å². The Morgan fingerprint density at radius 1 is 1.08 bits per heavy atom. The highest BCUT2D eigenvalue weighted by Gasteiger charge is 2.18. The molecule has 6 nitrogen and oxygen atoms in total. The van der Waals surface area contributed by atoms with Crippen LogP contribution >= 0.6 is 11.6 Å². The van der Waals surface area contributed by atoms with Crippen LogP contribution in [-0.2, 0) is 0 Å². The van der Waals surface area contributed by atoms with Crippen LogP contribution in [0.15, 0.2) is 42.5 Å². The lowest BCUT2D eigenvalue weighted by Gasteiger charge is -2.34. The number of amides is 1. The van der Waals surface area contributed by atoms with Crippen molar-refractivity contribution in [3.8, 4) is 0 Å². The van der Waals surface area contributed by atoms with E-state index < -0.39 is 7.12 Å². The fraction of sp³-hybridized carbons (Fsp3) is 0.278. The summed E-state index contributed by atoms with van der Waals surface area (Å²) in [6.45, 7) is 3.71. The summed E-state index contributed by atoms with van der Waals surface area (Å²) in [6, 6.07) is 11.6. The van der Waals surface area contributed by atoms with Crippen molar-refractivity contribution in [2.75, 3.05) is 43.4 Å². The first-order valence-electron chi connectivity index (χ1n) is 8.44. The summed E-state index contributed by atoms with van der Waals surface area (Å²) in [7, 11) is 0.547. The molecule has 26 heavy (non-hydrogen) atoms.